The van der Waals surface area contributed by atoms with E-state index in [0.29, 0.717) is 6.42 Å². The van der Waals surface area contributed by atoms with Gasteiger partial charge < -0.3 is 15.2 Å². The summed E-state index contributed by atoms with van der Waals surface area (Å²) < 4.78 is 10.1. The molecule has 0 aromatic carbocycles. The fourth-order valence-electron chi connectivity index (χ4n) is 0.764. The molecule has 4 heteroatoms. The molecule has 2 N–H and O–H groups in total. The molecule has 0 aromatic heterocycles. The molecular formula is C10H23NO3. The van der Waals surface area contributed by atoms with Gasteiger partial charge in [-0.05, 0) is 27.2 Å². The third-order valence-corrected chi connectivity index (χ3v) is 1.30. The highest BCUT2D eigenvalue weighted by Crippen LogP contribution is 1.90. The first kappa shape index (κ1) is 15.8. The Labute approximate surface area is 86.8 Å². The van der Waals surface area contributed by atoms with E-state index in [-0.39, 0.29) is 12.2 Å². The number of ether oxygens (including phenoxy) is 2. The first-order chi connectivity index (χ1) is 6.58. The summed E-state index contributed by atoms with van der Waals surface area (Å²) in [6.07, 6.45) is 1.33. The second kappa shape index (κ2) is 12.4. The second-order valence-corrected chi connectivity index (χ2v) is 2.69. The molecule has 0 bridgehead atoms. The van der Waals surface area contributed by atoms with Crippen LogP contribution in [0.2, 0.25) is 0 Å². The molecule has 0 radical (unpaired) electrons. The molecule has 0 saturated heterocycles. The molecule has 0 atom stereocenters. The molecule has 86 valence electrons. The lowest BCUT2D eigenvalue weighted by Gasteiger charge is -2.09. The van der Waals surface area contributed by atoms with Gasteiger partial charge in [-0.3, -0.25) is 4.79 Å². The Balaban J connectivity index is 0. The lowest BCUT2D eigenvalue weighted by molar-refractivity contribution is -0.123. The van der Waals surface area contributed by atoms with Gasteiger partial charge in [0.1, 0.15) is 0 Å². The van der Waals surface area contributed by atoms with Crippen molar-refractivity contribution in [2.75, 3.05) is 13.2 Å². The molecule has 0 fully saturated rings. The lowest BCUT2D eigenvalue weighted by Crippen LogP contribution is -2.11. The van der Waals surface area contributed by atoms with Crippen LogP contribution >= 0.6 is 0 Å². The molecule has 0 heterocycles. The number of primary amides is 1. The number of amides is 1. The molecule has 0 aromatic rings. The van der Waals surface area contributed by atoms with Crippen molar-refractivity contribution in [1.29, 1.82) is 0 Å². The average molecular weight is 205 g/mol. The third kappa shape index (κ3) is 17.5. The van der Waals surface area contributed by atoms with Gasteiger partial charge >= 0.3 is 0 Å². The Hall–Kier alpha value is -0.610. The van der Waals surface area contributed by atoms with Crippen LogP contribution in [0, 0.1) is 0 Å². The van der Waals surface area contributed by atoms with Crippen LogP contribution < -0.4 is 5.73 Å². The number of hydrogen-bond acceptors (Lipinski definition) is 3. The molecule has 0 aliphatic carbocycles. The van der Waals surface area contributed by atoms with Crippen LogP contribution in [-0.4, -0.2) is 25.4 Å². The van der Waals surface area contributed by atoms with Gasteiger partial charge in [0.25, 0.3) is 0 Å². The molecular weight excluding hydrogens is 182 g/mol. The number of hydrogen-bond donors (Lipinski definition) is 1. The summed E-state index contributed by atoms with van der Waals surface area (Å²) in [6.45, 7) is 9.17. The Morgan fingerprint density at radius 3 is 1.79 bits per heavy atom. The van der Waals surface area contributed by atoms with Crippen molar-refractivity contribution in [3.05, 3.63) is 0 Å². The Bertz CT molecular complexity index is 123. The van der Waals surface area contributed by atoms with Gasteiger partial charge in [-0.15, -0.1) is 0 Å². The highest BCUT2D eigenvalue weighted by molar-refractivity contribution is 5.73. The van der Waals surface area contributed by atoms with Gasteiger partial charge in [0.15, 0.2) is 6.29 Å². The highest BCUT2D eigenvalue weighted by Gasteiger charge is 1.94. The molecule has 0 saturated carbocycles. The predicted molar refractivity (Wildman–Crippen MR) is 56.8 cm³/mol. The highest BCUT2D eigenvalue weighted by atomic mass is 16.7. The topological polar surface area (TPSA) is 61.6 Å². The Morgan fingerprint density at radius 2 is 1.64 bits per heavy atom. The van der Waals surface area contributed by atoms with Crippen LogP contribution in [0.1, 0.15) is 40.5 Å². The van der Waals surface area contributed by atoms with Crippen LogP contribution in [0.3, 0.4) is 0 Å². The van der Waals surface area contributed by atoms with Crippen LogP contribution in [0.5, 0.6) is 0 Å². The largest absolute Gasteiger partial charge is 0.370 e. The van der Waals surface area contributed by atoms with Crippen LogP contribution in [0.15, 0.2) is 0 Å². The third-order valence-electron chi connectivity index (χ3n) is 1.30. The number of nitrogens with two attached hydrogens (primary N) is 1. The zero-order chi connectivity index (χ0) is 11.4. The summed E-state index contributed by atoms with van der Waals surface area (Å²) in [6, 6.07) is 0. The van der Waals surface area contributed by atoms with Crippen molar-refractivity contribution >= 4 is 5.91 Å². The van der Waals surface area contributed by atoms with E-state index in [4.69, 9.17) is 15.2 Å². The zero-order valence-electron chi connectivity index (χ0n) is 9.71. The summed E-state index contributed by atoms with van der Waals surface area (Å²) in [5.41, 5.74) is 4.76. The summed E-state index contributed by atoms with van der Waals surface area (Å²) in [5, 5.41) is 0. The van der Waals surface area contributed by atoms with E-state index in [9.17, 15) is 4.79 Å². The summed E-state index contributed by atoms with van der Waals surface area (Å²) in [7, 11) is 0. The summed E-state index contributed by atoms with van der Waals surface area (Å²) in [4.78, 5) is 9.82. The minimum atomic E-state index is -0.211. The number of carbonyl (C=O) groups is 1. The predicted octanol–water partition coefficient (Wildman–Crippen LogP) is 1.68. The van der Waals surface area contributed by atoms with Crippen molar-refractivity contribution in [1.82, 2.24) is 0 Å². The standard InChI is InChI=1S/C6H14O2.C4H9NO/c1-4-7-6(3)8-5-2;1-2-3-4(5)6/h6H,4-5H2,1-3H3;2-3H2,1H3,(H2,5,6). The maximum atomic E-state index is 9.82. The molecule has 0 aliphatic rings. The number of carbonyl (C=O) groups excluding carboxylic acids is 1. The minimum absolute atomic E-state index is 0.0370. The molecule has 0 unspecified atom stereocenters. The normalized spacial score (nSPS) is 9.50. The molecule has 0 spiro atoms. The fraction of sp³-hybridized carbons (Fsp3) is 0.900. The Morgan fingerprint density at radius 1 is 1.21 bits per heavy atom. The molecule has 14 heavy (non-hydrogen) atoms. The lowest BCUT2D eigenvalue weighted by atomic mass is 10.3. The first-order valence-electron chi connectivity index (χ1n) is 5.09. The molecule has 1 amide bonds. The monoisotopic (exact) mass is 205 g/mol. The van der Waals surface area contributed by atoms with Crippen molar-refractivity contribution in [2.24, 2.45) is 5.73 Å². The van der Waals surface area contributed by atoms with Gasteiger partial charge in [-0.25, -0.2) is 0 Å². The van der Waals surface area contributed by atoms with E-state index >= 15 is 0 Å². The molecule has 4 nitrogen and oxygen atoms in total. The number of rotatable bonds is 6. The zero-order valence-corrected chi connectivity index (χ0v) is 9.71. The SMILES string of the molecule is CCCC(N)=O.CCOC(C)OCC. The van der Waals surface area contributed by atoms with E-state index in [0.717, 1.165) is 19.6 Å². The van der Waals surface area contributed by atoms with Gasteiger partial charge in [-0.2, -0.15) is 0 Å². The summed E-state index contributed by atoms with van der Waals surface area (Å²) in [5.74, 6) is -0.211. The quantitative estimate of drug-likeness (QED) is 0.671. The van der Waals surface area contributed by atoms with Crippen LogP contribution in [0.25, 0.3) is 0 Å². The van der Waals surface area contributed by atoms with Gasteiger partial charge in [0.2, 0.25) is 5.91 Å². The summed E-state index contributed by atoms with van der Waals surface area (Å²) >= 11 is 0. The van der Waals surface area contributed by atoms with Crippen molar-refractivity contribution in [3.8, 4) is 0 Å². The molecule has 0 aliphatic heterocycles. The molecule has 0 rings (SSSR count). The van der Waals surface area contributed by atoms with E-state index in [1.165, 1.54) is 0 Å². The minimum Gasteiger partial charge on any atom is -0.370 e. The van der Waals surface area contributed by atoms with Crippen molar-refractivity contribution in [2.45, 2.75) is 46.8 Å². The van der Waals surface area contributed by atoms with Crippen molar-refractivity contribution in [3.63, 3.8) is 0 Å². The smallest absolute Gasteiger partial charge is 0.217 e. The van der Waals surface area contributed by atoms with Crippen LogP contribution in [0.4, 0.5) is 0 Å². The second-order valence-electron chi connectivity index (χ2n) is 2.69. The van der Waals surface area contributed by atoms with Crippen LogP contribution in [-0.2, 0) is 14.3 Å². The van der Waals surface area contributed by atoms with E-state index < -0.39 is 0 Å². The van der Waals surface area contributed by atoms with E-state index in [1.54, 1.807) is 0 Å². The van der Waals surface area contributed by atoms with E-state index in [2.05, 4.69) is 0 Å². The maximum absolute atomic E-state index is 9.82. The Kier molecular flexibility index (Phi) is 14.0. The van der Waals surface area contributed by atoms with E-state index in [1.807, 2.05) is 27.7 Å². The average Bonchev–Trinajstić information content (AvgIpc) is 2.05. The van der Waals surface area contributed by atoms with Crippen molar-refractivity contribution < 1.29 is 14.3 Å². The van der Waals surface area contributed by atoms with Gasteiger partial charge in [0, 0.05) is 19.6 Å². The first-order valence-corrected chi connectivity index (χ1v) is 5.09. The fourth-order valence-corrected chi connectivity index (χ4v) is 0.764. The van der Waals surface area contributed by atoms with Gasteiger partial charge in [0.05, 0.1) is 0 Å². The maximum Gasteiger partial charge on any atom is 0.217 e. The van der Waals surface area contributed by atoms with Gasteiger partial charge in [-0.1, -0.05) is 6.92 Å².